The average molecular weight is 193 g/mol. The monoisotopic (exact) mass is 193 g/mol. The summed E-state index contributed by atoms with van der Waals surface area (Å²) in [5, 5.41) is 9.51. The normalized spacial score (nSPS) is 12.7. The Hall–Kier alpha value is -0.890. The summed E-state index contributed by atoms with van der Waals surface area (Å²) >= 11 is 0. The molecule has 0 aliphatic heterocycles. The summed E-state index contributed by atoms with van der Waals surface area (Å²) in [5.74, 6) is 0. The van der Waals surface area contributed by atoms with Crippen molar-refractivity contribution in [3.05, 3.63) is 30.1 Å². The molecule has 2 nitrogen and oxygen atoms in total. The maximum atomic E-state index is 9.51. The predicted molar refractivity (Wildman–Crippen MR) is 58.1 cm³/mol. The van der Waals surface area contributed by atoms with Gasteiger partial charge in [0, 0.05) is 12.4 Å². The minimum atomic E-state index is -0.109. The average Bonchev–Trinajstić information content (AvgIpc) is 2.20. The third kappa shape index (κ3) is 4.38. The lowest BCUT2D eigenvalue weighted by Crippen LogP contribution is -2.05. The van der Waals surface area contributed by atoms with Crippen LogP contribution in [0.15, 0.2) is 24.5 Å². The lowest BCUT2D eigenvalue weighted by Gasteiger charge is -2.08. The lowest BCUT2D eigenvalue weighted by atomic mass is 10.0. The van der Waals surface area contributed by atoms with Crippen molar-refractivity contribution in [3.8, 4) is 0 Å². The van der Waals surface area contributed by atoms with Gasteiger partial charge < -0.3 is 5.11 Å². The molecular formula is C12H19NO. The van der Waals surface area contributed by atoms with Crippen LogP contribution >= 0.6 is 0 Å². The number of aromatic nitrogens is 1. The molecule has 1 aromatic rings. The van der Waals surface area contributed by atoms with Gasteiger partial charge in [0.1, 0.15) is 0 Å². The van der Waals surface area contributed by atoms with Crippen LogP contribution in [-0.2, 0) is 6.42 Å². The quantitative estimate of drug-likeness (QED) is 0.753. The van der Waals surface area contributed by atoms with Crippen LogP contribution in [0.2, 0.25) is 0 Å². The molecule has 1 aromatic heterocycles. The zero-order chi connectivity index (χ0) is 10.2. The molecule has 0 aliphatic carbocycles. The number of hydrogen-bond acceptors (Lipinski definition) is 2. The third-order valence-corrected chi connectivity index (χ3v) is 2.37. The number of hydrogen-bond donors (Lipinski definition) is 1. The topological polar surface area (TPSA) is 33.1 Å². The van der Waals surface area contributed by atoms with Crippen LogP contribution in [0.5, 0.6) is 0 Å². The van der Waals surface area contributed by atoms with Crippen molar-refractivity contribution in [2.75, 3.05) is 0 Å². The second-order valence-electron chi connectivity index (χ2n) is 3.69. The van der Waals surface area contributed by atoms with Gasteiger partial charge in [-0.1, -0.05) is 13.3 Å². The Labute approximate surface area is 86.0 Å². The molecule has 0 aliphatic rings. The molecule has 0 spiro atoms. The van der Waals surface area contributed by atoms with Crippen molar-refractivity contribution in [3.63, 3.8) is 0 Å². The zero-order valence-electron chi connectivity index (χ0n) is 8.82. The molecule has 0 aromatic carbocycles. The minimum Gasteiger partial charge on any atom is -0.393 e. The molecule has 0 fully saturated rings. The predicted octanol–water partition coefficient (Wildman–Crippen LogP) is 2.57. The fourth-order valence-corrected chi connectivity index (χ4v) is 1.57. The summed E-state index contributed by atoms with van der Waals surface area (Å²) in [5.41, 5.74) is 1.31. The first-order valence-electron chi connectivity index (χ1n) is 5.40. The van der Waals surface area contributed by atoms with Gasteiger partial charge in [-0.25, -0.2) is 0 Å². The number of aryl methyl sites for hydroxylation is 1. The number of aliphatic hydroxyl groups is 1. The molecule has 1 rings (SSSR count). The van der Waals surface area contributed by atoms with E-state index in [1.807, 2.05) is 24.5 Å². The highest BCUT2D eigenvalue weighted by Crippen LogP contribution is 2.08. The Morgan fingerprint density at radius 1 is 1.29 bits per heavy atom. The summed E-state index contributed by atoms with van der Waals surface area (Å²) in [6.45, 7) is 2.10. The van der Waals surface area contributed by atoms with Crippen molar-refractivity contribution in [2.24, 2.45) is 0 Å². The van der Waals surface area contributed by atoms with Crippen molar-refractivity contribution < 1.29 is 5.11 Å². The standard InChI is InChI=1S/C12H19NO/c1-2-4-12(14)6-3-5-11-7-9-13-10-8-11/h7-10,12,14H,2-6H2,1H3. The van der Waals surface area contributed by atoms with Crippen molar-refractivity contribution in [2.45, 2.75) is 45.1 Å². The molecule has 0 saturated carbocycles. The number of rotatable bonds is 6. The van der Waals surface area contributed by atoms with Gasteiger partial charge in [-0.05, 0) is 43.4 Å². The highest BCUT2D eigenvalue weighted by molar-refractivity contribution is 5.09. The summed E-state index contributed by atoms with van der Waals surface area (Å²) in [7, 11) is 0. The maximum Gasteiger partial charge on any atom is 0.0540 e. The van der Waals surface area contributed by atoms with Gasteiger partial charge in [0.15, 0.2) is 0 Å². The van der Waals surface area contributed by atoms with Crippen molar-refractivity contribution >= 4 is 0 Å². The van der Waals surface area contributed by atoms with Crippen LogP contribution in [0.25, 0.3) is 0 Å². The van der Waals surface area contributed by atoms with E-state index in [0.717, 1.165) is 32.1 Å². The van der Waals surface area contributed by atoms with E-state index in [1.165, 1.54) is 5.56 Å². The first-order chi connectivity index (χ1) is 6.83. The molecule has 0 saturated heterocycles. The Morgan fingerprint density at radius 2 is 2.00 bits per heavy atom. The summed E-state index contributed by atoms with van der Waals surface area (Å²) in [6.07, 6.45) is 8.54. The smallest absolute Gasteiger partial charge is 0.0540 e. The lowest BCUT2D eigenvalue weighted by molar-refractivity contribution is 0.151. The summed E-state index contributed by atoms with van der Waals surface area (Å²) in [6, 6.07) is 4.07. The van der Waals surface area contributed by atoms with E-state index in [0.29, 0.717) is 0 Å². The highest BCUT2D eigenvalue weighted by atomic mass is 16.3. The van der Waals surface area contributed by atoms with E-state index in [1.54, 1.807) is 0 Å². The highest BCUT2D eigenvalue weighted by Gasteiger charge is 2.01. The molecular weight excluding hydrogens is 174 g/mol. The molecule has 14 heavy (non-hydrogen) atoms. The van der Waals surface area contributed by atoms with Gasteiger partial charge in [0.2, 0.25) is 0 Å². The van der Waals surface area contributed by atoms with Crippen molar-refractivity contribution in [1.82, 2.24) is 4.98 Å². The van der Waals surface area contributed by atoms with Crippen LogP contribution in [0.3, 0.4) is 0 Å². The Morgan fingerprint density at radius 3 is 2.64 bits per heavy atom. The molecule has 1 atom stereocenters. The van der Waals surface area contributed by atoms with E-state index >= 15 is 0 Å². The number of nitrogens with zero attached hydrogens (tertiary/aromatic N) is 1. The maximum absolute atomic E-state index is 9.51. The van der Waals surface area contributed by atoms with Crippen LogP contribution in [0.4, 0.5) is 0 Å². The summed E-state index contributed by atoms with van der Waals surface area (Å²) < 4.78 is 0. The van der Waals surface area contributed by atoms with E-state index in [9.17, 15) is 5.11 Å². The largest absolute Gasteiger partial charge is 0.393 e. The minimum absolute atomic E-state index is 0.109. The number of pyridine rings is 1. The molecule has 1 N–H and O–H groups in total. The van der Waals surface area contributed by atoms with Gasteiger partial charge in [-0.15, -0.1) is 0 Å². The first-order valence-corrected chi connectivity index (χ1v) is 5.40. The summed E-state index contributed by atoms with van der Waals surface area (Å²) in [4.78, 5) is 3.97. The van der Waals surface area contributed by atoms with Crippen LogP contribution in [0, 0.1) is 0 Å². The Kier molecular flexibility index (Phi) is 5.23. The SMILES string of the molecule is CCCC(O)CCCc1ccncc1. The number of aliphatic hydroxyl groups excluding tert-OH is 1. The van der Waals surface area contributed by atoms with E-state index < -0.39 is 0 Å². The van der Waals surface area contributed by atoms with E-state index in [-0.39, 0.29) is 6.10 Å². The second kappa shape index (κ2) is 6.55. The van der Waals surface area contributed by atoms with E-state index in [4.69, 9.17) is 0 Å². The van der Waals surface area contributed by atoms with Gasteiger partial charge in [-0.2, -0.15) is 0 Å². The fraction of sp³-hybridized carbons (Fsp3) is 0.583. The van der Waals surface area contributed by atoms with Crippen LogP contribution in [0.1, 0.15) is 38.2 Å². The molecule has 0 amide bonds. The fourth-order valence-electron chi connectivity index (χ4n) is 1.57. The van der Waals surface area contributed by atoms with Crippen LogP contribution in [-0.4, -0.2) is 16.2 Å². The Bertz CT molecular complexity index is 235. The van der Waals surface area contributed by atoms with Gasteiger partial charge in [0.25, 0.3) is 0 Å². The zero-order valence-corrected chi connectivity index (χ0v) is 8.82. The first kappa shape index (κ1) is 11.2. The van der Waals surface area contributed by atoms with Gasteiger partial charge in [0.05, 0.1) is 6.10 Å². The molecule has 78 valence electrons. The molecule has 1 unspecified atom stereocenters. The second-order valence-corrected chi connectivity index (χ2v) is 3.69. The Balaban J connectivity index is 2.16. The van der Waals surface area contributed by atoms with Gasteiger partial charge in [-0.3, -0.25) is 4.98 Å². The van der Waals surface area contributed by atoms with Gasteiger partial charge >= 0.3 is 0 Å². The molecule has 1 heterocycles. The van der Waals surface area contributed by atoms with E-state index in [2.05, 4.69) is 11.9 Å². The molecule has 0 radical (unpaired) electrons. The van der Waals surface area contributed by atoms with Crippen molar-refractivity contribution in [1.29, 1.82) is 0 Å². The van der Waals surface area contributed by atoms with Crippen LogP contribution < -0.4 is 0 Å². The molecule has 0 bridgehead atoms. The molecule has 2 heteroatoms. The third-order valence-electron chi connectivity index (χ3n) is 2.37.